The number of hydrogen-bond donors (Lipinski definition) is 0. The lowest BCUT2D eigenvalue weighted by Gasteiger charge is -2.21. The maximum Gasteiger partial charge on any atom is 0.306 e. The van der Waals surface area contributed by atoms with Gasteiger partial charge in [0.15, 0.2) is 0 Å². The van der Waals surface area contributed by atoms with E-state index >= 15 is 0 Å². The van der Waals surface area contributed by atoms with Crippen molar-refractivity contribution in [1.82, 2.24) is 0 Å². The molecule has 0 amide bonds. The third kappa shape index (κ3) is 6.76. The van der Waals surface area contributed by atoms with Crippen LogP contribution in [0.3, 0.4) is 0 Å². The summed E-state index contributed by atoms with van der Waals surface area (Å²) in [5, 5.41) is 0. The van der Waals surface area contributed by atoms with E-state index in [2.05, 4.69) is 0 Å². The Morgan fingerprint density at radius 1 is 1.10 bits per heavy atom. The van der Waals surface area contributed by atoms with Gasteiger partial charge >= 0.3 is 5.97 Å². The van der Waals surface area contributed by atoms with E-state index in [4.69, 9.17) is 9.47 Å². The quantitative estimate of drug-likeness (QED) is 0.534. The molecule has 0 atom stereocenters. The molecule has 3 nitrogen and oxygen atoms in total. The fourth-order valence-corrected chi connectivity index (χ4v) is 2.72. The van der Waals surface area contributed by atoms with Crippen LogP contribution in [-0.4, -0.2) is 19.2 Å². The van der Waals surface area contributed by atoms with Crippen LogP contribution < -0.4 is 0 Å². The minimum atomic E-state index is -0.0788. The van der Waals surface area contributed by atoms with Crippen LogP contribution in [0.1, 0.15) is 50.5 Å². The van der Waals surface area contributed by atoms with Crippen molar-refractivity contribution in [3.63, 3.8) is 0 Å². The van der Waals surface area contributed by atoms with E-state index in [1.54, 1.807) is 0 Å². The van der Waals surface area contributed by atoms with Gasteiger partial charge in [0.1, 0.15) is 6.61 Å². The Balaban J connectivity index is 1.47. The summed E-state index contributed by atoms with van der Waals surface area (Å²) in [6, 6.07) is 9.82. The molecule has 0 aromatic heterocycles. The third-order valence-corrected chi connectivity index (χ3v) is 4.08. The number of unbranched alkanes of at least 4 members (excludes halogenated alkanes) is 2. The average Bonchev–Trinajstić information content (AvgIpc) is 2.54. The van der Waals surface area contributed by atoms with Crippen molar-refractivity contribution >= 4 is 5.97 Å². The van der Waals surface area contributed by atoms with Crippen LogP contribution in [0, 0.1) is 5.92 Å². The fourth-order valence-electron chi connectivity index (χ4n) is 2.72. The van der Waals surface area contributed by atoms with Gasteiger partial charge in [0.05, 0.1) is 0 Å². The zero-order valence-corrected chi connectivity index (χ0v) is 12.8. The zero-order valence-electron chi connectivity index (χ0n) is 12.8. The molecule has 0 saturated carbocycles. The summed E-state index contributed by atoms with van der Waals surface area (Å²) in [5.41, 5.74) is 1.05. The summed E-state index contributed by atoms with van der Waals surface area (Å²) >= 11 is 0. The van der Waals surface area contributed by atoms with E-state index in [0.29, 0.717) is 13.0 Å². The predicted octanol–water partition coefficient (Wildman–Crippen LogP) is 4.11. The monoisotopic (exact) mass is 290 g/mol. The molecule has 0 unspecified atom stereocenters. The third-order valence-electron chi connectivity index (χ3n) is 4.08. The summed E-state index contributed by atoms with van der Waals surface area (Å²) < 4.78 is 10.6. The highest BCUT2D eigenvalue weighted by Gasteiger charge is 2.13. The van der Waals surface area contributed by atoms with Crippen LogP contribution in [0.5, 0.6) is 0 Å². The Kier molecular flexibility index (Phi) is 7.30. The van der Waals surface area contributed by atoms with Crippen LogP contribution in [-0.2, 0) is 20.9 Å². The van der Waals surface area contributed by atoms with Crippen molar-refractivity contribution in [2.45, 2.75) is 51.6 Å². The molecule has 3 heteroatoms. The Hall–Kier alpha value is -1.35. The molecule has 116 valence electrons. The van der Waals surface area contributed by atoms with Crippen molar-refractivity contribution in [1.29, 1.82) is 0 Å². The number of esters is 1. The topological polar surface area (TPSA) is 35.5 Å². The lowest BCUT2D eigenvalue weighted by Crippen LogP contribution is -2.15. The molecular formula is C18H26O3. The van der Waals surface area contributed by atoms with Crippen LogP contribution in [0.15, 0.2) is 30.3 Å². The standard InChI is InChI=1S/C18H26O3/c19-18(21-15-17-8-4-1-5-9-17)10-6-2-3-7-16-11-13-20-14-12-16/h1,4-5,8-9,16H,2-3,6-7,10-15H2. The minimum Gasteiger partial charge on any atom is -0.461 e. The highest BCUT2D eigenvalue weighted by atomic mass is 16.5. The van der Waals surface area contributed by atoms with Crippen molar-refractivity contribution < 1.29 is 14.3 Å². The molecule has 2 rings (SSSR count). The number of carbonyl (C=O) groups excluding carboxylic acids is 1. The van der Waals surface area contributed by atoms with Crippen molar-refractivity contribution in [2.24, 2.45) is 5.92 Å². The molecule has 1 aliphatic rings. The Morgan fingerprint density at radius 2 is 1.86 bits per heavy atom. The fraction of sp³-hybridized carbons (Fsp3) is 0.611. The second-order valence-electron chi connectivity index (χ2n) is 5.80. The highest BCUT2D eigenvalue weighted by Crippen LogP contribution is 2.21. The summed E-state index contributed by atoms with van der Waals surface area (Å²) in [6.07, 6.45) is 7.52. The second kappa shape index (κ2) is 9.56. The number of ether oxygens (including phenoxy) is 2. The second-order valence-corrected chi connectivity index (χ2v) is 5.80. The predicted molar refractivity (Wildman–Crippen MR) is 82.9 cm³/mol. The molecule has 1 heterocycles. The molecule has 0 radical (unpaired) electrons. The van der Waals surface area contributed by atoms with Gasteiger partial charge < -0.3 is 9.47 Å². The van der Waals surface area contributed by atoms with Gasteiger partial charge in [0.2, 0.25) is 0 Å². The molecular weight excluding hydrogens is 264 g/mol. The van der Waals surface area contributed by atoms with Crippen molar-refractivity contribution in [3.05, 3.63) is 35.9 Å². The molecule has 1 aromatic carbocycles. The summed E-state index contributed by atoms with van der Waals surface area (Å²) in [7, 11) is 0. The molecule has 1 fully saturated rings. The largest absolute Gasteiger partial charge is 0.461 e. The molecule has 1 saturated heterocycles. The molecule has 0 aliphatic carbocycles. The molecule has 0 N–H and O–H groups in total. The van der Waals surface area contributed by atoms with Crippen LogP contribution >= 0.6 is 0 Å². The SMILES string of the molecule is O=C(CCCCCC1CCOCC1)OCc1ccccc1. The van der Waals surface area contributed by atoms with Crippen molar-refractivity contribution in [2.75, 3.05) is 13.2 Å². The van der Waals surface area contributed by atoms with Gasteiger partial charge in [-0.3, -0.25) is 4.79 Å². The van der Waals surface area contributed by atoms with E-state index < -0.39 is 0 Å². The molecule has 0 spiro atoms. The smallest absolute Gasteiger partial charge is 0.306 e. The van der Waals surface area contributed by atoms with Crippen LogP contribution in [0.2, 0.25) is 0 Å². The van der Waals surface area contributed by atoms with Gasteiger partial charge in [-0.2, -0.15) is 0 Å². The van der Waals surface area contributed by atoms with E-state index in [0.717, 1.165) is 37.5 Å². The lowest BCUT2D eigenvalue weighted by atomic mass is 9.93. The van der Waals surface area contributed by atoms with Gasteiger partial charge in [0.25, 0.3) is 0 Å². The summed E-state index contributed by atoms with van der Waals surface area (Å²) in [4.78, 5) is 11.6. The first kappa shape index (κ1) is 16.0. The maximum absolute atomic E-state index is 11.6. The number of carbonyl (C=O) groups is 1. The van der Waals surface area contributed by atoms with Gasteiger partial charge in [-0.15, -0.1) is 0 Å². The lowest BCUT2D eigenvalue weighted by molar-refractivity contribution is -0.145. The highest BCUT2D eigenvalue weighted by molar-refractivity contribution is 5.69. The van der Waals surface area contributed by atoms with Crippen molar-refractivity contribution in [3.8, 4) is 0 Å². The van der Waals surface area contributed by atoms with Gasteiger partial charge in [0, 0.05) is 19.6 Å². The Labute approximate surface area is 127 Å². The first-order valence-electron chi connectivity index (χ1n) is 8.12. The van der Waals surface area contributed by atoms with Gasteiger partial charge in [-0.05, 0) is 30.7 Å². The summed E-state index contributed by atoms with van der Waals surface area (Å²) in [6.45, 7) is 2.24. The minimum absolute atomic E-state index is 0.0788. The zero-order chi connectivity index (χ0) is 14.8. The molecule has 0 bridgehead atoms. The van der Waals surface area contributed by atoms with Gasteiger partial charge in [-0.1, -0.05) is 49.6 Å². The Morgan fingerprint density at radius 3 is 2.62 bits per heavy atom. The average molecular weight is 290 g/mol. The number of rotatable bonds is 8. The molecule has 21 heavy (non-hydrogen) atoms. The van der Waals surface area contributed by atoms with E-state index in [1.165, 1.54) is 25.7 Å². The normalized spacial score (nSPS) is 15.8. The Bertz CT molecular complexity index is 396. The van der Waals surface area contributed by atoms with E-state index in [1.807, 2.05) is 30.3 Å². The van der Waals surface area contributed by atoms with Crippen LogP contribution in [0.25, 0.3) is 0 Å². The first-order valence-corrected chi connectivity index (χ1v) is 8.12. The first-order chi connectivity index (χ1) is 10.3. The van der Waals surface area contributed by atoms with Crippen LogP contribution in [0.4, 0.5) is 0 Å². The van der Waals surface area contributed by atoms with E-state index in [9.17, 15) is 4.79 Å². The number of benzene rings is 1. The van der Waals surface area contributed by atoms with E-state index in [-0.39, 0.29) is 5.97 Å². The summed E-state index contributed by atoms with van der Waals surface area (Å²) in [5.74, 6) is 0.758. The van der Waals surface area contributed by atoms with Gasteiger partial charge in [-0.25, -0.2) is 0 Å². The molecule has 1 aliphatic heterocycles. The number of hydrogen-bond acceptors (Lipinski definition) is 3. The molecule has 1 aromatic rings. The maximum atomic E-state index is 11.6.